The average molecular weight is 350 g/mol. The zero-order valence-corrected chi connectivity index (χ0v) is 17.1. The Morgan fingerprint density at radius 1 is 1.04 bits per heavy atom. The van der Waals surface area contributed by atoms with Gasteiger partial charge in [-0.1, -0.05) is 49.6 Å². The van der Waals surface area contributed by atoms with Crippen LogP contribution in [0.4, 0.5) is 0 Å². The molecule has 4 heteroatoms. The Balaban J connectivity index is 0.00000312. The average Bonchev–Trinajstić information content (AvgIpc) is 2.52. The number of rotatable bonds is 8. The number of benzene rings is 2. The fourth-order valence-electron chi connectivity index (χ4n) is 2.91. The van der Waals surface area contributed by atoms with Gasteiger partial charge in [0.05, 0.1) is 6.61 Å². The molecule has 1 unspecified atom stereocenters. The first-order chi connectivity index (χ1) is 11.5. The molecule has 0 spiro atoms. The third-order valence-corrected chi connectivity index (χ3v) is 5.13. The van der Waals surface area contributed by atoms with Crippen molar-refractivity contribution in [3.8, 4) is 5.75 Å². The molecule has 0 saturated heterocycles. The van der Waals surface area contributed by atoms with Crippen molar-refractivity contribution in [1.82, 2.24) is 0 Å². The van der Waals surface area contributed by atoms with Crippen molar-refractivity contribution in [3.05, 3.63) is 58.7 Å². The molecule has 0 heterocycles. The van der Waals surface area contributed by atoms with Gasteiger partial charge in [0.2, 0.25) is 0 Å². The molecule has 1 atom stereocenters. The molecule has 0 amide bonds. The van der Waals surface area contributed by atoms with Crippen LogP contribution < -0.4 is 28.9 Å². The minimum absolute atomic E-state index is 0. The van der Waals surface area contributed by atoms with Crippen LogP contribution in [0, 0.1) is 20.8 Å². The molecule has 25 heavy (non-hydrogen) atoms. The van der Waals surface area contributed by atoms with E-state index in [2.05, 4.69) is 26.0 Å². The summed E-state index contributed by atoms with van der Waals surface area (Å²) < 4.78 is 5.72. The van der Waals surface area contributed by atoms with Crippen molar-refractivity contribution < 1.29 is 29.8 Å². The Kier molecular flexibility index (Phi) is 9.51. The Hall–Kier alpha value is -1.06. The van der Waals surface area contributed by atoms with Gasteiger partial charge in [0.25, 0.3) is 0 Å². The van der Waals surface area contributed by atoms with Gasteiger partial charge in [0, 0.05) is 5.56 Å². The predicted octanol–water partition coefficient (Wildman–Crippen LogP) is 2.44. The third kappa shape index (κ3) is 6.63. The van der Waals surface area contributed by atoms with Crippen LogP contribution in [0.2, 0.25) is 0 Å². The molecule has 130 valence electrons. The van der Waals surface area contributed by atoms with Crippen molar-refractivity contribution >= 4 is 19.4 Å². The Morgan fingerprint density at radius 3 is 2.20 bits per heavy atom. The predicted molar refractivity (Wildman–Crippen MR) is 106 cm³/mol. The summed E-state index contributed by atoms with van der Waals surface area (Å²) >= 11 is 0. The minimum Gasteiger partial charge on any atom is -1.00 e. The summed E-state index contributed by atoms with van der Waals surface area (Å²) in [6.07, 6.45) is 3.48. The monoisotopic (exact) mass is 350 g/mol. The molecule has 0 radical (unpaired) electrons. The van der Waals surface area contributed by atoms with E-state index in [0.29, 0.717) is 0 Å². The molecule has 2 aromatic rings. The summed E-state index contributed by atoms with van der Waals surface area (Å²) in [6.45, 7) is 9.05. The normalized spacial score (nSPS) is 10.7. The van der Waals surface area contributed by atoms with Crippen LogP contribution in [0.25, 0.3) is 0 Å². The maximum Gasteiger partial charge on any atom is 1.00 e. The van der Waals surface area contributed by atoms with Gasteiger partial charge in [0.15, 0.2) is 5.52 Å². The number of carbonyl (C=O) groups excluding carboxylic acids is 1. The van der Waals surface area contributed by atoms with E-state index < -0.39 is 0 Å². The molecule has 2 aromatic carbocycles. The molecule has 0 fully saturated rings. The van der Waals surface area contributed by atoms with Gasteiger partial charge in [-0.05, 0) is 64.3 Å². The van der Waals surface area contributed by atoms with Gasteiger partial charge in [0.1, 0.15) is 5.75 Å². The van der Waals surface area contributed by atoms with Crippen LogP contribution in [-0.4, -0.2) is 12.1 Å². The SMILES string of the molecule is CCCCCOc1ccc(PC(=O)c2c(C)cc(C)cc2C)cc1.[H-].[Li+]. The van der Waals surface area contributed by atoms with Crippen molar-refractivity contribution in [2.75, 3.05) is 6.61 Å². The summed E-state index contributed by atoms with van der Waals surface area (Å²) in [4.78, 5) is 12.7. The molecule has 0 bridgehead atoms. The van der Waals surface area contributed by atoms with Crippen LogP contribution >= 0.6 is 8.58 Å². The standard InChI is InChI=1S/C21H27O2P.Li.H/c1-5-6-7-12-23-18-8-10-19(11-9-18)24-21(22)20-16(3)13-15(2)14-17(20)4;;/h8-11,13-14,24H,5-7,12H2,1-4H3;;/q;+1;-1. The first-order valence-corrected chi connectivity index (χ1v) is 9.63. The molecular formula is C21H28LiO2P. The number of aryl methyl sites for hydroxylation is 3. The molecule has 0 aliphatic heterocycles. The van der Waals surface area contributed by atoms with Crippen LogP contribution in [0.3, 0.4) is 0 Å². The zero-order valence-electron chi connectivity index (χ0n) is 17.1. The number of unbranched alkanes of at least 4 members (excludes halogenated alkanes) is 2. The summed E-state index contributed by atoms with van der Waals surface area (Å²) in [5, 5.41) is 1.06. The first-order valence-electron chi connectivity index (χ1n) is 8.63. The van der Waals surface area contributed by atoms with E-state index in [1.807, 2.05) is 38.1 Å². The quantitative estimate of drug-likeness (QED) is 0.415. The second-order valence-electron chi connectivity index (χ2n) is 6.31. The molecule has 0 N–H and O–H groups in total. The second-order valence-corrected chi connectivity index (χ2v) is 7.59. The van der Waals surface area contributed by atoms with Gasteiger partial charge < -0.3 is 6.16 Å². The van der Waals surface area contributed by atoms with Gasteiger partial charge in [-0.25, -0.2) is 0 Å². The van der Waals surface area contributed by atoms with Gasteiger partial charge in [-0.15, -0.1) is 0 Å². The topological polar surface area (TPSA) is 26.3 Å². The summed E-state index contributed by atoms with van der Waals surface area (Å²) in [5.74, 6) is 0.884. The molecule has 0 aliphatic carbocycles. The van der Waals surface area contributed by atoms with E-state index in [0.717, 1.165) is 40.8 Å². The summed E-state index contributed by atoms with van der Waals surface area (Å²) in [5.41, 5.74) is 4.43. The van der Waals surface area contributed by atoms with Crippen molar-refractivity contribution in [3.63, 3.8) is 0 Å². The van der Waals surface area contributed by atoms with Crippen molar-refractivity contribution in [2.45, 2.75) is 47.0 Å². The number of carbonyl (C=O) groups is 1. The van der Waals surface area contributed by atoms with E-state index in [1.165, 1.54) is 18.4 Å². The van der Waals surface area contributed by atoms with Crippen molar-refractivity contribution in [1.29, 1.82) is 0 Å². The van der Waals surface area contributed by atoms with Crippen LogP contribution in [0.5, 0.6) is 5.75 Å². The largest absolute Gasteiger partial charge is 1.00 e. The summed E-state index contributed by atoms with van der Waals surface area (Å²) in [6, 6.07) is 12.1. The second kappa shape index (κ2) is 10.8. The maximum absolute atomic E-state index is 12.7. The van der Waals surface area contributed by atoms with Crippen LogP contribution in [0.15, 0.2) is 36.4 Å². The minimum atomic E-state index is 0. The maximum atomic E-state index is 12.7. The van der Waals surface area contributed by atoms with Crippen molar-refractivity contribution in [2.24, 2.45) is 0 Å². The third-order valence-electron chi connectivity index (χ3n) is 4.03. The van der Waals surface area contributed by atoms with Crippen LogP contribution in [0.1, 0.15) is 54.7 Å². The first kappa shape index (κ1) is 22.0. The van der Waals surface area contributed by atoms with Crippen LogP contribution in [-0.2, 0) is 0 Å². The molecular weight excluding hydrogens is 322 g/mol. The molecule has 2 nitrogen and oxygen atoms in total. The van der Waals surface area contributed by atoms with Gasteiger partial charge in [-0.2, -0.15) is 0 Å². The summed E-state index contributed by atoms with van der Waals surface area (Å²) in [7, 11) is 0.150. The van der Waals surface area contributed by atoms with Gasteiger partial charge >= 0.3 is 18.9 Å². The number of hydrogen-bond acceptors (Lipinski definition) is 2. The van der Waals surface area contributed by atoms with Gasteiger partial charge in [-0.3, -0.25) is 4.79 Å². The number of ether oxygens (including phenoxy) is 1. The smallest absolute Gasteiger partial charge is 1.00 e. The fraction of sp³-hybridized carbons (Fsp3) is 0.381. The molecule has 0 aromatic heterocycles. The van der Waals surface area contributed by atoms with E-state index in [9.17, 15) is 4.79 Å². The Morgan fingerprint density at radius 2 is 1.64 bits per heavy atom. The number of hydrogen-bond donors (Lipinski definition) is 0. The zero-order chi connectivity index (χ0) is 17.5. The Labute approximate surface area is 167 Å². The van der Waals surface area contributed by atoms with E-state index in [1.54, 1.807) is 0 Å². The Bertz CT molecular complexity index is 679. The molecule has 0 aliphatic rings. The fourth-order valence-corrected chi connectivity index (χ4v) is 4.02. The van der Waals surface area contributed by atoms with E-state index in [-0.39, 0.29) is 34.4 Å². The van der Waals surface area contributed by atoms with E-state index >= 15 is 0 Å². The van der Waals surface area contributed by atoms with E-state index in [4.69, 9.17) is 4.74 Å². The molecule has 0 saturated carbocycles. The molecule has 2 rings (SSSR count).